The third-order valence-corrected chi connectivity index (χ3v) is 13.3. The molecule has 0 spiro atoms. The summed E-state index contributed by atoms with van der Waals surface area (Å²) < 4.78 is 7.70. The number of pyridine rings is 1. The van der Waals surface area contributed by atoms with Gasteiger partial charge in [0, 0.05) is 65.9 Å². The van der Waals surface area contributed by atoms with Crippen molar-refractivity contribution in [2.75, 3.05) is 0 Å². The fourth-order valence-corrected chi connectivity index (χ4v) is 11.2. The van der Waals surface area contributed by atoms with E-state index in [1.54, 1.807) is 0 Å². The van der Waals surface area contributed by atoms with Crippen LogP contribution >= 0.6 is 34.0 Å². The maximum Gasteiger partial charge on any atom is 0.0809 e. The maximum atomic E-state index is 5.44. The summed E-state index contributed by atoms with van der Waals surface area (Å²) in [6.07, 6.45) is 4.12. The molecule has 226 valence electrons. The van der Waals surface area contributed by atoms with E-state index in [9.17, 15) is 0 Å². The predicted molar refractivity (Wildman–Crippen MR) is 214 cm³/mol. The van der Waals surface area contributed by atoms with Crippen LogP contribution in [-0.4, -0.2) is 4.98 Å². The second kappa shape index (κ2) is 10.5. The van der Waals surface area contributed by atoms with Gasteiger partial charge in [-0.15, -0.1) is 34.0 Å². The number of allylic oxidation sites excluding steroid dienone is 1. The molecule has 10 aromatic rings. The van der Waals surface area contributed by atoms with Crippen LogP contribution in [0.5, 0.6) is 0 Å². The van der Waals surface area contributed by atoms with Crippen LogP contribution in [-0.2, 0) is 0 Å². The molecule has 0 radical (unpaired) electrons. The second-order valence-corrected chi connectivity index (χ2v) is 15.6. The minimum atomic E-state index is 0.992. The van der Waals surface area contributed by atoms with Crippen LogP contribution < -0.4 is 9.75 Å². The Hall–Kier alpha value is -5.57. The highest BCUT2D eigenvalue weighted by Crippen LogP contribution is 2.45. The van der Waals surface area contributed by atoms with Crippen molar-refractivity contribution < 1.29 is 0 Å². The van der Waals surface area contributed by atoms with E-state index < -0.39 is 0 Å². The van der Waals surface area contributed by atoms with Gasteiger partial charge in [0.2, 0.25) is 0 Å². The molecule has 0 saturated carbocycles. The van der Waals surface area contributed by atoms with Gasteiger partial charge in [0.25, 0.3) is 0 Å². The first-order valence-electron chi connectivity index (χ1n) is 16.3. The van der Waals surface area contributed by atoms with E-state index in [0.29, 0.717) is 0 Å². The first-order valence-corrected chi connectivity index (χ1v) is 18.7. The van der Waals surface area contributed by atoms with Crippen molar-refractivity contribution in [2.24, 2.45) is 0 Å². The molecule has 4 aromatic heterocycles. The fraction of sp³-hybridized carbons (Fsp3) is 0. The minimum Gasteiger partial charge on any atom is -0.247 e. The third-order valence-electron chi connectivity index (χ3n) is 9.71. The van der Waals surface area contributed by atoms with Gasteiger partial charge < -0.3 is 0 Å². The zero-order chi connectivity index (χ0) is 32.1. The monoisotopic (exact) mass is 673 g/mol. The molecule has 49 heavy (non-hydrogen) atoms. The number of hydrogen-bond acceptors (Lipinski definition) is 4. The molecule has 11 rings (SSSR count). The number of fused-ring (bicyclic) bond motifs is 11. The topological polar surface area (TPSA) is 12.9 Å². The molecular weight excluding hydrogens is 651 g/mol. The van der Waals surface area contributed by atoms with E-state index in [1.165, 1.54) is 77.2 Å². The highest BCUT2D eigenvalue weighted by molar-refractivity contribution is 7.26. The molecule has 0 bridgehead atoms. The predicted octanol–water partition coefficient (Wildman–Crippen LogP) is 12.1. The minimum absolute atomic E-state index is 0.992. The number of nitrogens with zero attached hydrogens (tertiary/aromatic N) is 1. The van der Waals surface area contributed by atoms with E-state index in [-0.39, 0.29) is 0 Å². The van der Waals surface area contributed by atoms with Crippen molar-refractivity contribution in [2.45, 2.75) is 0 Å². The summed E-state index contributed by atoms with van der Waals surface area (Å²) in [5, 5.41) is 8.64. The average Bonchev–Trinajstić information content (AvgIpc) is 3.86. The smallest absolute Gasteiger partial charge is 0.0809 e. The maximum absolute atomic E-state index is 5.44. The molecule has 1 aliphatic rings. The van der Waals surface area contributed by atoms with E-state index in [0.717, 1.165) is 27.4 Å². The Balaban J connectivity index is 1.28. The van der Waals surface area contributed by atoms with Gasteiger partial charge in [-0.1, -0.05) is 102 Å². The molecular formula is C45H23NS3. The van der Waals surface area contributed by atoms with Gasteiger partial charge in [0.15, 0.2) is 0 Å². The molecule has 0 fully saturated rings. The zero-order valence-corrected chi connectivity index (χ0v) is 28.4. The number of benzene rings is 6. The second-order valence-electron chi connectivity index (χ2n) is 12.5. The van der Waals surface area contributed by atoms with Crippen LogP contribution in [0.15, 0.2) is 139 Å². The Morgan fingerprint density at radius 3 is 1.73 bits per heavy atom. The van der Waals surface area contributed by atoms with Crippen LogP contribution in [0, 0.1) is 0 Å². The van der Waals surface area contributed by atoms with Gasteiger partial charge in [0.05, 0.1) is 16.4 Å². The normalized spacial score (nSPS) is 12.4. The first kappa shape index (κ1) is 27.4. The molecule has 4 heteroatoms. The first-order chi connectivity index (χ1) is 24.3. The van der Waals surface area contributed by atoms with Crippen LogP contribution in [0.1, 0.15) is 0 Å². The average molecular weight is 674 g/mol. The lowest BCUT2D eigenvalue weighted by Crippen LogP contribution is -2.18. The van der Waals surface area contributed by atoms with Crippen LogP contribution in [0.25, 0.3) is 107 Å². The van der Waals surface area contributed by atoms with Gasteiger partial charge in [0.1, 0.15) is 0 Å². The summed E-state index contributed by atoms with van der Waals surface area (Å²) in [7, 11) is 0. The SMILES string of the molecule is C1=C=c2c(sc3c2c(-c2cc(-c4cccc5c4sc4ccccc45)cc(-c4cccc5c4sc4ccccc45)c2)nc2ccccc23)=CC=1. The number of hydrogen-bond donors (Lipinski definition) is 0. The number of rotatable bonds is 3. The zero-order valence-electron chi connectivity index (χ0n) is 26.0. The summed E-state index contributed by atoms with van der Waals surface area (Å²) in [5.74, 6) is 0. The Kier molecular flexibility index (Phi) is 5.85. The molecule has 4 heterocycles. The van der Waals surface area contributed by atoms with Gasteiger partial charge >= 0.3 is 0 Å². The Morgan fingerprint density at radius 2 is 1.06 bits per heavy atom. The lowest BCUT2D eigenvalue weighted by atomic mass is 9.92. The van der Waals surface area contributed by atoms with Crippen LogP contribution in [0.2, 0.25) is 0 Å². The Morgan fingerprint density at radius 1 is 0.490 bits per heavy atom. The van der Waals surface area contributed by atoms with Gasteiger partial charge in [-0.25, -0.2) is 4.98 Å². The number of aromatic nitrogens is 1. The largest absolute Gasteiger partial charge is 0.247 e. The molecule has 1 nitrogen and oxygen atoms in total. The Labute approximate surface area is 293 Å². The van der Waals surface area contributed by atoms with Crippen molar-refractivity contribution in [1.29, 1.82) is 0 Å². The van der Waals surface area contributed by atoms with Crippen molar-refractivity contribution in [1.82, 2.24) is 4.98 Å². The standard InChI is InChI=1S/C45H23NS3/c1-5-19-37-35(13-1)45-41(36-14-4-8-22-40(36)49-45)42(46-37)28-24-26(29-15-9-17-33-31-11-2-6-20-38(31)47-43(29)33)23-27(25-28)30-16-10-18-34-32-12-3-7-21-39(32)48-44(30)34/h1-3,5-13,15-25H. The van der Waals surface area contributed by atoms with Crippen molar-refractivity contribution in [3.05, 3.63) is 149 Å². The summed E-state index contributed by atoms with van der Waals surface area (Å²) >= 11 is 5.58. The molecule has 0 saturated heterocycles. The van der Waals surface area contributed by atoms with E-state index in [1.807, 2.05) is 40.1 Å². The third kappa shape index (κ3) is 4.08. The van der Waals surface area contributed by atoms with Crippen molar-refractivity contribution in [3.8, 4) is 33.5 Å². The lowest BCUT2D eigenvalue weighted by Gasteiger charge is -2.14. The molecule has 0 amide bonds. The highest BCUT2D eigenvalue weighted by Gasteiger charge is 2.19. The number of para-hydroxylation sites is 1. The summed E-state index contributed by atoms with van der Waals surface area (Å²) in [5.41, 5.74) is 14.7. The lowest BCUT2D eigenvalue weighted by molar-refractivity contribution is 1.43. The van der Waals surface area contributed by atoms with Crippen molar-refractivity contribution >= 4 is 107 Å². The summed E-state index contributed by atoms with van der Waals surface area (Å²) in [6.45, 7) is 0. The highest BCUT2D eigenvalue weighted by atomic mass is 32.1. The van der Waals surface area contributed by atoms with Gasteiger partial charge in [-0.05, 0) is 70.8 Å². The van der Waals surface area contributed by atoms with E-state index in [4.69, 9.17) is 4.98 Å². The molecule has 0 atom stereocenters. The van der Waals surface area contributed by atoms with Crippen LogP contribution in [0.4, 0.5) is 0 Å². The Bertz CT molecular complexity index is 3120. The van der Waals surface area contributed by atoms with Gasteiger partial charge in [-0.3, -0.25) is 0 Å². The molecule has 0 aliphatic heterocycles. The molecule has 6 aromatic carbocycles. The molecule has 0 N–H and O–H groups in total. The molecule has 1 aliphatic carbocycles. The van der Waals surface area contributed by atoms with E-state index in [2.05, 4.69) is 145 Å². The summed E-state index contributed by atoms with van der Waals surface area (Å²) in [6, 6.07) is 46.7. The van der Waals surface area contributed by atoms with Gasteiger partial charge in [-0.2, -0.15) is 0 Å². The quantitative estimate of drug-likeness (QED) is 0.170. The fourth-order valence-electron chi connectivity index (χ4n) is 7.51. The number of thiophene rings is 3. The van der Waals surface area contributed by atoms with E-state index >= 15 is 0 Å². The van der Waals surface area contributed by atoms with Crippen LogP contribution in [0.3, 0.4) is 0 Å². The molecule has 0 unspecified atom stereocenters. The van der Waals surface area contributed by atoms with Crippen molar-refractivity contribution in [3.63, 3.8) is 0 Å². The summed E-state index contributed by atoms with van der Waals surface area (Å²) in [4.78, 5) is 5.44.